The van der Waals surface area contributed by atoms with E-state index in [1.54, 1.807) is 0 Å². The third-order valence-electron chi connectivity index (χ3n) is 1.46. The Morgan fingerprint density at radius 3 is 2.50 bits per heavy atom. The van der Waals surface area contributed by atoms with Crippen LogP contribution in [0.5, 0.6) is 0 Å². The number of halogens is 3. The predicted molar refractivity (Wildman–Crippen MR) is 48.2 cm³/mol. The second kappa shape index (κ2) is 3.89. The van der Waals surface area contributed by atoms with Gasteiger partial charge in [-0.3, -0.25) is 14.9 Å². The maximum absolute atomic E-state index is 13.2. The molecule has 0 saturated heterocycles. The molecule has 4 nitrogen and oxygen atoms in total. The Labute approximate surface area is 87.4 Å². The van der Waals surface area contributed by atoms with Crippen LogP contribution in [0.3, 0.4) is 0 Å². The molecule has 14 heavy (non-hydrogen) atoms. The Balaban J connectivity index is 3.49. The normalized spacial score (nSPS) is 9.93. The van der Waals surface area contributed by atoms with Gasteiger partial charge in [-0.15, -0.1) is 0 Å². The maximum atomic E-state index is 13.2. The molecular weight excluding hydrogens is 236 g/mol. The van der Waals surface area contributed by atoms with Gasteiger partial charge in [0.1, 0.15) is 5.02 Å². The molecule has 1 aromatic rings. The number of hydrogen-bond acceptors (Lipinski definition) is 3. The molecule has 0 unspecified atom stereocenters. The van der Waals surface area contributed by atoms with E-state index in [9.17, 15) is 19.3 Å². The van der Waals surface area contributed by atoms with Crippen molar-refractivity contribution in [2.45, 2.75) is 0 Å². The van der Waals surface area contributed by atoms with Gasteiger partial charge >= 0.3 is 5.69 Å². The van der Waals surface area contributed by atoms with E-state index >= 15 is 0 Å². The number of rotatable bonds is 2. The third kappa shape index (κ3) is 1.83. The molecule has 0 aliphatic heterocycles. The van der Waals surface area contributed by atoms with Crippen LogP contribution in [0.2, 0.25) is 5.02 Å². The Kier molecular flexibility index (Phi) is 3.03. The van der Waals surface area contributed by atoms with E-state index in [-0.39, 0.29) is 5.02 Å². The van der Waals surface area contributed by atoms with Crippen molar-refractivity contribution in [3.8, 4) is 0 Å². The second-order valence-electron chi connectivity index (χ2n) is 2.29. The first-order valence-electron chi connectivity index (χ1n) is 3.27. The van der Waals surface area contributed by atoms with Crippen molar-refractivity contribution in [3.63, 3.8) is 0 Å². The monoisotopic (exact) mass is 237 g/mol. The molecule has 0 heterocycles. The van der Waals surface area contributed by atoms with Crippen LogP contribution >= 0.6 is 23.2 Å². The molecule has 0 aliphatic rings. The highest BCUT2D eigenvalue weighted by Crippen LogP contribution is 2.30. The summed E-state index contributed by atoms with van der Waals surface area (Å²) in [4.78, 5) is 19.9. The SMILES string of the molecule is O=C(Cl)c1ccc(Cl)c([N+](=O)[O-])c1F. The molecule has 0 aliphatic carbocycles. The summed E-state index contributed by atoms with van der Waals surface area (Å²) in [6.07, 6.45) is 0. The van der Waals surface area contributed by atoms with Crippen molar-refractivity contribution in [1.82, 2.24) is 0 Å². The number of nitro groups is 1. The number of benzene rings is 1. The van der Waals surface area contributed by atoms with E-state index in [1.807, 2.05) is 0 Å². The molecule has 0 amide bonds. The Hall–Kier alpha value is -1.20. The minimum absolute atomic E-state index is 0.380. The zero-order chi connectivity index (χ0) is 10.9. The minimum atomic E-state index is -1.32. The molecule has 0 aromatic heterocycles. The van der Waals surface area contributed by atoms with Crippen molar-refractivity contribution < 1.29 is 14.1 Å². The molecule has 0 bridgehead atoms. The molecular formula is C7H2Cl2FNO3. The fourth-order valence-electron chi connectivity index (χ4n) is 0.860. The highest BCUT2D eigenvalue weighted by molar-refractivity contribution is 6.67. The lowest BCUT2D eigenvalue weighted by Gasteiger charge is -1.99. The van der Waals surface area contributed by atoms with Crippen LogP contribution < -0.4 is 0 Å². The molecule has 7 heteroatoms. The van der Waals surface area contributed by atoms with E-state index in [0.29, 0.717) is 0 Å². The van der Waals surface area contributed by atoms with Gasteiger partial charge in [0.05, 0.1) is 10.5 Å². The molecule has 0 fully saturated rings. The van der Waals surface area contributed by atoms with Gasteiger partial charge in [0.2, 0.25) is 5.82 Å². The van der Waals surface area contributed by atoms with Gasteiger partial charge in [0.25, 0.3) is 5.24 Å². The van der Waals surface area contributed by atoms with E-state index in [1.165, 1.54) is 0 Å². The smallest absolute Gasteiger partial charge is 0.275 e. The van der Waals surface area contributed by atoms with Gasteiger partial charge in [0, 0.05) is 0 Å². The van der Waals surface area contributed by atoms with E-state index in [2.05, 4.69) is 0 Å². The summed E-state index contributed by atoms with van der Waals surface area (Å²) in [5.41, 5.74) is -1.51. The number of hydrogen-bond donors (Lipinski definition) is 0. The van der Waals surface area contributed by atoms with Crippen LogP contribution in [0.25, 0.3) is 0 Å². The first kappa shape index (κ1) is 10.9. The van der Waals surface area contributed by atoms with E-state index < -0.39 is 27.2 Å². The highest BCUT2D eigenvalue weighted by Gasteiger charge is 2.24. The fraction of sp³-hybridized carbons (Fsp3) is 0. The first-order chi connectivity index (χ1) is 6.45. The molecule has 0 spiro atoms. The largest absolute Gasteiger partial charge is 0.324 e. The van der Waals surface area contributed by atoms with E-state index in [0.717, 1.165) is 12.1 Å². The average molecular weight is 238 g/mol. The van der Waals surface area contributed by atoms with E-state index in [4.69, 9.17) is 23.2 Å². The number of nitro benzene ring substituents is 1. The molecule has 0 atom stereocenters. The van der Waals surface area contributed by atoms with Crippen LogP contribution in [0.1, 0.15) is 10.4 Å². The minimum Gasteiger partial charge on any atom is -0.275 e. The second-order valence-corrected chi connectivity index (χ2v) is 3.04. The average Bonchev–Trinajstić information content (AvgIpc) is 2.02. The summed E-state index contributed by atoms with van der Waals surface area (Å²) >= 11 is 10.4. The Bertz CT molecular complexity index is 422. The van der Waals surface area contributed by atoms with Gasteiger partial charge < -0.3 is 0 Å². The van der Waals surface area contributed by atoms with Crippen LogP contribution in [0, 0.1) is 15.9 Å². The number of carbonyl (C=O) groups is 1. The van der Waals surface area contributed by atoms with Crippen molar-refractivity contribution in [1.29, 1.82) is 0 Å². The summed E-state index contributed by atoms with van der Waals surface area (Å²) in [6, 6.07) is 2.03. The van der Waals surface area contributed by atoms with Crippen LogP contribution in [-0.2, 0) is 0 Å². The van der Waals surface area contributed by atoms with Crippen LogP contribution in [0.15, 0.2) is 12.1 Å². The summed E-state index contributed by atoms with van der Waals surface area (Å²) < 4.78 is 13.2. The summed E-state index contributed by atoms with van der Waals surface area (Å²) in [7, 11) is 0. The Morgan fingerprint density at radius 2 is 2.07 bits per heavy atom. The molecule has 0 N–H and O–H groups in total. The standard InChI is InChI=1S/C7H2Cl2FNO3/c8-4-2-1-3(7(9)12)5(10)6(4)11(13)14/h1-2H. The van der Waals surface area contributed by atoms with Gasteiger partial charge in [-0.25, -0.2) is 0 Å². The molecule has 1 rings (SSSR count). The molecule has 0 radical (unpaired) electrons. The summed E-state index contributed by atoms with van der Waals surface area (Å²) in [6.45, 7) is 0. The topological polar surface area (TPSA) is 60.2 Å². The first-order valence-corrected chi connectivity index (χ1v) is 4.03. The Morgan fingerprint density at radius 1 is 1.50 bits per heavy atom. The number of nitrogens with zero attached hydrogens (tertiary/aromatic N) is 1. The van der Waals surface area contributed by atoms with Gasteiger partial charge in [-0.2, -0.15) is 4.39 Å². The van der Waals surface area contributed by atoms with Crippen molar-refractivity contribution >= 4 is 34.1 Å². The molecule has 74 valence electrons. The predicted octanol–water partition coefficient (Wildman–Crippen LogP) is 2.77. The van der Waals surface area contributed by atoms with Gasteiger partial charge in [0.15, 0.2) is 0 Å². The zero-order valence-corrected chi connectivity index (χ0v) is 7.97. The van der Waals surface area contributed by atoms with Crippen molar-refractivity contribution in [3.05, 3.63) is 38.7 Å². The summed E-state index contributed by atoms with van der Waals surface area (Å²) in [5.74, 6) is -1.32. The maximum Gasteiger partial charge on any atom is 0.324 e. The quantitative estimate of drug-likeness (QED) is 0.452. The van der Waals surface area contributed by atoms with Crippen molar-refractivity contribution in [2.75, 3.05) is 0 Å². The zero-order valence-electron chi connectivity index (χ0n) is 6.46. The summed E-state index contributed by atoms with van der Waals surface area (Å²) in [5, 5.41) is 8.85. The fourth-order valence-corrected chi connectivity index (χ4v) is 1.22. The van der Waals surface area contributed by atoms with Gasteiger partial charge in [-0.05, 0) is 23.7 Å². The lowest BCUT2D eigenvalue weighted by molar-refractivity contribution is -0.387. The third-order valence-corrected chi connectivity index (χ3v) is 1.97. The molecule has 1 aromatic carbocycles. The van der Waals surface area contributed by atoms with Gasteiger partial charge in [-0.1, -0.05) is 11.6 Å². The van der Waals surface area contributed by atoms with Crippen molar-refractivity contribution in [2.24, 2.45) is 0 Å². The lowest BCUT2D eigenvalue weighted by Crippen LogP contribution is -2.00. The highest BCUT2D eigenvalue weighted by atomic mass is 35.5. The van der Waals surface area contributed by atoms with Crippen LogP contribution in [-0.4, -0.2) is 10.2 Å². The van der Waals surface area contributed by atoms with Crippen LogP contribution in [0.4, 0.5) is 10.1 Å². The number of carbonyl (C=O) groups excluding carboxylic acids is 1. The molecule has 0 saturated carbocycles. The lowest BCUT2D eigenvalue weighted by atomic mass is 10.2.